The Balaban J connectivity index is 1.46. The number of nitrogens with zero attached hydrogens (tertiary/aromatic N) is 2. The van der Waals surface area contributed by atoms with Gasteiger partial charge in [-0.3, -0.25) is 0 Å². The first-order valence-electron chi connectivity index (χ1n) is 8.14. The average molecular weight is 397 g/mol. The first kappa shape index (κ1) is 19.1. The van der Waals surface area contributed by atoms with Crippen molar-refractivity contribution >= 4 is 15.9 Å². The SMILES string of the molecule is C[C@H](CCOCCOCc1nc(Br)cn1C)OCc1ccccc1. The molecule has 5 nitrogen and oxygen atoms in total. The molecule has 1 aromatic carbocycles. The zero-order valence-electron chi connectivity index (χ0n) is 14.3. The molecule has 1 aromatic heterocycles. The lowest BCUT2D eigenvalue weighted by Crippen LogP contribution is -2.13. The fourth-order valence-electron chi connectivity index (χ4n) is 2.13. The van der Waals surface area contributed by atoms with Crippen molar-refractivity contribution in [3.8, 4) is 0 Å². The molecule has 0 radical (unpaired) electrons. The van der Waals surface area contributed by atoms with Gasteiger partial charge < -0.3 is 18.8 Å². The van der Waals surface area contributed by atoms with Gasteiger partial charge in [-0.1, -0.05) is 30.3 Å². The third-order valence-corrected chi connectivity index (χ3v) is 3.97. The summed E-state index contributed by atoms with van der Waals surface area (Å²) in [5.41, 5.74) is 1.19. The van der Waals surface area contributed by atoms with E-state index in [1.165, 1.54) is 5.56 Å². The van der Waals surface area contributed by atoms with E-state index < -0.39 is 0 Å². The fourth-order valence-corrected chi connectivity index (χ4v) is 2.64. The molecule has 0 unspecified atom stereocenters. The second kappa shape index (κ2) is 10.6. The second-order valence-corrected chi connectivity index (χ2v) is 6.46. The maximum atomic E-state index is 5.80. The van der Waals surface area contributed by atoms with Crippen molar-refractivity contribution < 1.29 is 14.2 Å². The summed E-state index contributed by atoms with van der Waals surface area (Å²) in [6.07, 6.45) is 2.96. The van der Waals surface area contributed by atoms with Crippen molar-refractivity contribution in [2.45, 2.75) is 32.7 Å². The number of ether oxygens (including phenoxy) is 3. The van der Waals surface area contributed by atoms with Gasteiger partial charge in [-0.2, -0.15) is 0 Å². The van der Waals surface area contributed by atoms with Gasteiger partial charge in [0, 0.05) is 19.9 Å². The zero-order chi connectivity index (χ0) is 17.2. The Morgan fingerprint density at radius 3 is 2.54 bits per heavy atom. The van der Waals surface area contributed by atoms with Crippen molar-refractivity contribution in [3.05, 3.63) is 52.5 Å². The van der Waals surface area contributed by atoms with Gasteiger partial charge >= 0.3 is 0 Å². The molecule has 6 heteroatoms. The second-order valence-electron chi connectivity index (χ2n) is 5.65. The molecule has 0 amide bonds. The molecule has 0 fully saturated rings. The molecule has 0 bridgehead atoms. The molecule has 1 atom stereocenters. The number of hydrogen-bond acceptors (Lipinski definition) is 4. The maximum Gasteiger partial charge on any atom is 0.135 e. The van der Waals surface area contributed by atoms with E-state index in [0.717, 1.165) is 16.8 Å². The number of hydrogen-bond donors (Lipinski definition) is 0. The molecule has 0 aliphatic heterocycles. The Kier molecular flexibility index (Phi) is 8.45. The van der Waals surface area contributed by atoms with Crippen LogP contribution in [-0.4, -0.2) is 35.5 Å². The first-order valence-corrected chi connectivity index (χ1v) is 8.93. The molecule has 0 spiro atoms. The fraction of sp³-hybridized carbons (Fsp3) is 0.500. The lowest BCUT2D eigenvalue weighted by Gasteiger charge is -2.13. The van der Waals surface area contributed by atoms with E-state index in [-0.39, 0.29) is 6.10 Å². The molecule has 2 aromatic rings. The first-order chi connectivity index (χ1) is 11.6. The highest BCUT2D eigenvalue weighted by atomic mass is 79.9. The van der Waals surface area contributed by atoms with Gasteiger partial charge in [-0.15, -0.1) is 0 Å². The van der Waals surface area contributed by atoms with Crippen molar-refractivity contribution in [3.63, 3.8) is 0 Å². The zero-order valence-corrected chi connectivity index (χ0v) is 15.9. The van der Waals surface area contributed by atoms with Crippen molar-refractivity contribution in [1.29, 1.82) is 0 Å². The van der Waals surface area contributed by atoms with E-state index in [1.807, 2.05) is 36.0 Å². The summed E-state index contributed by atoms with van der Waals surface area (Å²) in [6.45, 7) is 5.02. The van der Waals surface area contributed by atoms with Crippen LogP contribution in [0.15, 0.2) is 41.1 Å². The van der Waals surface area contributed by atoms with Gasteiger partial charge in [0.15, 0.2) is 0 Å². The lowest BCUT2D eigenvalue weighted by molar-refractivity contribution is 0.00346. The van der Waals surface area contributed by atoms with Gasteiger partial charge in [0.1, 0.15) is 17.0 Å². The highest BCUT2D eigenvalue weighted by Crippen LogP contribution is 2.09. The molecule has 1 heterocycles. The van der Waals surface area contributed by atoms with Crippen LogP contribution in [0.1, 0.15) is 24.7 Å². The van der Waals surface area contributed by atoms with Gasteiger partial charge in [-0.25, -0.2) is 4.98 Å². The molecule has 0 aliphatic rings. The monoisotopic (exact) mass is 396 g/mol. The van der Waals surface area contributed by atoms with Crippen LogP contribution in [0.2, 0.25) is 0 Å². The third kappa shape index (κ3) is 7.13. The number of benzene rings is 1. The summed E-state index contributed by atoms with van der Waals surface area (Å²) < 4.78 is 19.7. The molecule has 24 heavy (non-hydrogen) atoms. The summed E-state index contributed by atoms with van der Waals surface area (Å²) >= 11 is 3.34. The standard InChI is InChI=1S/C18H25BrN2O3/c1-15(24-13-16-6-4-3-5-7-16)8-9-22-10-11-23-14-18-20-17(19)12-21(18)2/h3-7,12,15H,8-11,13-14H2,1-2H3/t15-/m1/s1. The smallest absolute Gasteiger partial charge is 0.135 e. The number of halogens is 1. The Morgan fingerprint density at radius 2 is 1.83 bits per heavy atom. The largest absolute Gasteiger partial charge is 0.379 e. The molecule has 0 saturated carbocycles. The summed E-state index contributed by atoms with van der Waals surface area (Å²) in [4.78, 5) is 4.31. The van der Waals surface area contributed by atoms with Crippen molar-refractivity contribution in [1.82, 2.24) is 9.55 Å². The molecule has 2 rings (SSSR count). The Morgan fingerprint density at radius 1 is 1.08 bits per heavy atom. The van der Waals surface area contributed by atoms with Crippen LogP contribution in [0.3, 0.4) is 0 Å². The maximum absolute atomic E-state index is 5.80. The van der Waals surface area contributed by atoms with Gasteiger partial charge in [0.2, 0.25) is 0 Å². The highest BCUT2D eigenvalue weighted by molar-refractivity contribution is 9.10. The van der Waals surface area contributed by atoms with E-state index in [4.69, 9.17) is 14.2 Å². The average Bonchev–Trinajstić information content (AvgIpc) is 2.90. The third-order valence-electron chi connectivity index (χ3n) is 3.59. The Bertz CT molecular complexity index is 589. The molecular weight excluding hydrogens is 372 g/mol. The summed E-state index contributed by atoms with van der Waals surface area (Å²) in [5.74, 6) is 0.893. The van der Waals surface area contributed by atoms with Crippen molar-refractivity contribution in [2.24, 2.45) is 7.05 Å². The number of aryl methyl sites for hydroxylation is 1. The van der Waals surface area contributed by atoms with E-state index in [2.05, 4.69) is 40.0 Å². The quantitative estimate of drug-likeness (QED) is 0.543. The van der Waals surface area contributed by atoms with Crippen LogP contribution < -0.4 is 0 Å². The van der Waals surface area contributed by atoms with Gasteiger partial charge in [0.05, 0.1) is 25.9 Å². The van der Waals surface area contributed by atoms with E-state index in [0.29, 0.717) is 33.0 Å². The highest BCUT2D eigenvalue weighted by Gasteiger charge is 2.04. The van der Waals surface area contributed by atoms with Crippen LogP contribution in [0.4, 0.5) is 0 Å². The topological polar surface area (TPSA) is 45.5 Å². The number of aromatic nitrogens is 2. The minimum Gasteiger partial charge on any atom is -0.379 e. The van der Waals surface area contributed by atoms with Crippen molar-refractivity contribution in [2.75, 3.05) is 19.8 Å². The van der Waals surface area contributed by atoms with Crippen LogP contribution in [-0.2, 0) is 34.5 Å². The molecule has 0 aliphatic carbocycles. The number of rotatable bonds is 11. The summed E-state index contributed by atoms with van der Waals surface area (Å²) in [7, 11) is 1.95. The van der Waals surface area contributed by atoms with Crippen LogP contribution in [0.5, 0.6) is 0 Å². The van der Waals surface area contributed by atoms with Crippen LogP contribution in [0.25, 0.3) is 0 Å². The molecule has 132 valence electrons. The Labute approximate surface area is 152 Å². The van der Waals surface area contributed by atoms with Crippen LogP contribution >= 0.6 is 15.9 Å². The summed E-state index contributed by atoms with van der Waals surface area (Å²) in [5, 5.41) is 0. The molecule has 0 N–H and O–H groups in total. The minimum absolute atomic E-state index is 0.177. The van der Waals surface area contributed by atoms with E-state index in [9.17, 15) is 0 Å². The lowest BCUT2D eigenvalue weighted by atomic mass is 10.2. The normalized spacial score (nSPS) is 12.5. The predicted octanol–water partition coefficient (Wildman–Crippen LogP) is 3.71. The van der Waals surface area contributed by atoms with Gasteiger partial charge in [0.25, 0.3) is 0 Å². The van der Waals surface area contributed by atoms with Crippen LogP contribution in [0, 0.1) is 0 Å². The Hall–Kier alpha value is -1.21. The summed E-state index contributed by atoms with van der Waals surface area (Å²) in [6, 6.07) is 10.2. The van der Waals surface area contributed by atoms with E-state index in [1.54, 1.807) is 0 Å². The molecule has 0 saturated heterocycles. The number of imidazole rings is 1. The molecular formula is C18H25BrN2O3. The minimum atomic E-state index is 0.177. The van der Waals surface area contributed by atoms with E-state index >= 15 is 0 Å². The predicted molar refractivity (Wildman–Crippen MR) is 96.7 cm³/mol. The van der Waals surface area contributed by atoms with Gasteiger partial charge in [-0.05, 0) is 34.8 Å².